The van der Waals surface area contributed by atoms with Gasteiger partial charge in [-0.05, 0) is 18.4 Å². The van der Waals surface area contributed by atoms with Gasteiger partial charge < -0.3 is 15.0 Å². The molecule has 2 rings (SSSR count). The number of carbonyl (C=O) groups excluding carboxylic acids is 1. The zero-order valence-electron chi connectivity index (χ0n) is 13.7. The second-order valence-electron chi connectivity index (χ2n) is 5.78. The molecule has 7 heteroatoms. The van der Waals surface area contributed by atoms with Crippen molar-refractivity contribution in [2.75, 3.05) is 46.4 Å². The Morgan fingerprint density at radius 1 is 1.57 bits per heavy atom. The van der Waals surface area contributed by atoms with E-state index < -0.39 is 0 Å². The lowest BCUT2D eigenvalue weighted by molar-refractivity contribution is 0.0172. The van der Waals surface area contributed by atoms with E-state index in [1.165, 1.54) is 4.88 Å². The maximum absolute atomic E-state index is 12.2. The smallest absolute Gasteiger partial charge is 0.317 e. The first kappa shape index (κ1) is 17.7. The molecule has 1 saturated heterocycles. The normalized spacial score (nSPS) is 18.0. The fourth-order valence-electron chi connectivity index (χ4n) is 2.63. The maximum atomic E-state index is 12.2. The summed E-state index contributed by atoms with van der Waals surface area (Å²) < 4.78 is 5.42. The van der Waals surface area contributed by atoms with Crippen LogP contribution in [-0.2, 0) is 4.74 Å². The molecule has 0 bridgehead atoms. The highest BCUT2D eigenvalue weighted by molar-refractivity contribution is 7.10. The molecule has 1 N–H and O–H groups in total. The summed E-state index contributed by atoms with van der Waals surface area (Å²) in [4.78, 5) is 17.4. The van der Waals surface area contributed by atoms with E-state index in [1.54, 1.807) is 23.3 Å². The summed E-state index contributed by atoms with van der Waals surface area (Å²) in [7, 11) is 1.72. The van der Waals surface area contributed by atoms with E-state index in [0.717, 1.165) is 26.3 Å². The van der Waals surface area contributed by atoms with Gasteiger partial charge in [-0.3, -0.25) is 4.90 Å². The van der Waals surface area contributed by atoms with E-state index in [0.29, 0.717) is 13.1 Å². The molecule has 23 heavy (non-hydrogen) atoms. The van der Waals surface area contributed by atoms with Crippen molar-refractivity contribution in [2.24, 2.45) is 5.92 Å². The Balaban J connectivity index is 1.93. The highest BCUT2D eigenvalue weighted by Gasteiger charge is 2.24. The van der Waals surface area contributed by atoms with E-state index in [2.05, 4.69) is 27.7 Å². The number of hydrogen-bond acceptors (Lipinski definition) is 5. The van der Waals surface area contributed by atoms with Crippen LogP contribution in [0.15, 0.2) is 17.5 Å². The Morgan fingerprint density at radius 3 is 2.91 bits per heavy atom. The van der Waals surface area contributed by atoms with Crippen molar-refractivity contribution in [3.63, 3.8) is 0 Å². The molecule has 0 aliphatic carbocycles. The van der Waals surface area contributed by atoms with Crippen molar-refractivity contribution in [1.82, 2.24) is 15.1 Å². The highest BCUT2D eigenvalue weighted by atomic mass is 32.1. The minimum atomic E-state index is -0.168. The summed E-state index contributed by atoms with van der Waals surface area (Å²) >= 11 is 1.71. The minimum absolute atomic E-state index is 0.137. The summed E-state index contributed by atoms with van der Waals surface area (Å²) in [5, 5.41) is 13.9. The van der Waals surface area contributed by atoms with Crippen LogP contribution in [0.5, 0.6) is 0 Å². The van der Waals surface area contributed by atoms with Gasteiger partial charge in [-0.2, -0.15) is 5.26 Å². The largest absolute Gasteiger partial charge is 0.379 e. The van der Waals surface area contributed by atoms with Gasteiger partial charge in [0.1, 0.15) is 0 Å². The lowest BCUT2D eigenvalue weighted by Crippen LogP contribution is -2.46. The summed E-state index contributed by atoms with van der Waals surface area (Å²) in [6.45, 7) is 6.02. The molecule has 2 amide bonds. The molecule has 0 aromatic carbocycles. The fourth-order valence-corrected chi connectivity index (χ4v) is 3.49. The molecule has 1 aliphatic heterocycles. The summed E-state index contributed by atoms with van der Waals surface area (Å²) in [5.74, 6) is -0.168. The fraction of sp³-hybridized carbons (Fsp3) is 0.625. The molecule has 6 nitrogen and oxygen atoms in total. The first-order valence-electron chi connectivity index (χ1n) is 7.85. The maximum Gasteiger partial charge on any atom is 0.317 e. The molecular formula is C16H24N4O2S. The van der Waals surface area contributed by atoms with Crippen LogP contribution in [-0.4, -0.2) is 62.3 Å². The van der Waals surface area contributed by atoms with Crippen molar-refractivity contribution >= 4 is 17.4 Å². The van der Waals surface area contributed by atoms with Crippen LogP contribution in [0, 0.1) is 17.2 Å². The van der Waals surface area contributed by atoms with E-state index >= 15 is 0 Å². The van der Waals surface area contributed by atoms with Crippen LogP contribution in [0.3, 0.4) is 0 Å². The molecule has 1 aromatic rings. The van der Waals surface area contributed by atoms with Crippen LogP contribution >= 0.6 is 11.3 Å². The van der Waals surface area contributed by atoms with Gasteiger partial charge in [0.2, 0.25) is 0 Å². The first-order chi connectivity index (χ1) is 11.1. The first-order valence-corrected chi connectivity index (χ1v) is 8.73. The Morgan fingerprint density at radius 2 is 2.30 bits per heavy atom. The Kier molecular flexibility index (Phi) is 6.84. The van der Waals surface area contributed by atoms with Gasteiger partial charge in [-0.25, -0.2) is 4.79 Å². The molecule has 1 fully saturated rings. The number of ether oxygens (including phenoxy) is 1. The molecule has 126 valence electrons. The summed E-state index contributed by atoms with van der Waals surface area (Å²) in [5.41, 5.74) is 0. The molecule has 1 aliphatic rings. The van der Waals surface area contributed by atoms with Crippen molar-refractivity contribution in [2.45, 2.75) is 13.0 Å². The van der Waals surface area contributed by atoms with E-state index in [9.17, 15) is 4.79 Å². The predicted molar refractivity (Wildman–Crippen MR) is 90.3 cm³/mol. The van der Waals surface area contributed by atoms with Crippen LogP contribution in [0.1, 0.15) is 17.8 Å². The van der Waals surface area contributed by atoms with Gasteiger partial charge in [0.05, 0.1) is 31.2 Å². The number of nitriles is 1. The van der Waals surface area contributed by atoms with Crippen LogP contribution < -0.4 is 5.32 Å². The van der Waals surface area contributed by atoms with Crippen molar-refractivity contribution in [3.05, 3.63) is 22.4 Å². The predicted octanol–water partition coefficient (Wildman–Crippen LogP) is 1.92. The summed E-state index contributed by atoms with van der Waals surface area (Å²) in [6.07, 6.45) is 0. The SMILES string of the molecule is C[C@@H](C#N)CN(C)C(=O)NC[C@@H](c1cccs1)N1CCOCC1. The average Bonchev–Trinajstić information content (AvgIpc) is 3.10. The van der Waals surface area contributed by atoms with Crippen molar-refractivity contribution < 1.29 is 9.53 Å². The molecule has 0 spiro atoms. The van der Waals surface area contributed by atoms with Gasteiger partial charge >= 0.3 is 6.03 Å². The van der Waals surface area contributed by atoms with E-state index in [-0.39, 0.29) is 18.0 Å². The second-order valence-corrected chi connectivity index (χ2v) is 6.76. The third-order valence-electron chi connectivity index (χ3n) is 3.92. The number of amides is 2. The zero-order chi connectivity index (χ0) is 16.7. The molecule has 0 radical (unpaired) electrons. The molecule has 1 aromatic heterocycles. The monoisotopic (exact) mass is 336 g/mol. The van der Waals surface area contributed by atoms with Crippen LogP contribution in [0.4, 0.5) is 4.79 Å². The molecular weight excluding hydrogens is 312 g/mol. The minimum Gasteiger partial charge on any atom is -0.379 e. The number of nitrogens with zero attached hydrogens (tertiary/aromatic N) is 3. The third-order valence-corrected chi connectivity index (χ3v) is 4.89. The number of morpholine rings is 1. The quantitative estimate of drug-likeness (QED) is 0.862. The Labute approximate surface area is 141 Å². The average molecular weight is 336 g/mol. The number of nitrogens with one attached hydrogen (secondary N) is 1. The van der Waals surface area contributed by atoms with E-state index in [4.69, 9.17) is 10.00 Å². The van der Waals surface area contributed by atoms with Gasteiger partial charge in [0.15, 0.2) is 0 Å². The number of carbonyl (C=O) groups is 1. The zero-order valence-corrected chi connectivity index (χ0v) is 14.5. The third kappa shape index (κ3) is 5.20. The Hall–Kier alpha value is -1.62. The topological polar surface area (TPSA) is 68.6 Å². The number of thiophene rings is 1. The Bertz CT molecular complexity index is 523. The number of urea groups is 1. The van der Waals surface area contributed by atoms with Gasteiger partial charge in [-0.15, -0.1) is 11.3 Å². The highest BCUT2D eigenvalue weighted by Crippen LogP contribution is 2.25. The lowest BCUT2D eigenvalue weighted by atomic mass is 10.2. The standard InChI is InChI=1S/C16H24N4O2S/c1-13(10-17)12-19(2)16(21)18-11-14(15-4-3-9-23-15)20-5-7-22-8-6-20/h3-4,9,13-14H,5-8,11-12H2,1-2H3,(H,18,21)/t13-,14-/m0/s1. The van der Waals surface area contributed by atoms with E-state index in [1.807, 2.05) is 13.0 Å². The molecule has 2 atom stereocenters. The second kappa shape index (κ2) is 8.87. The summed E-state index contributed by atoms with van der Waals surface area (Å²) in [6, 6.07) is 6.33. The molecule has 2 heterocycles. The number of rotatable bonds is 6. The van der Waals surface area contributed by atoms with Crippen LogP contribution in [0.25, 0.3) is 0 Å². The molecule has 0 unspecified atom stereocenters. The van der Waals surface area contributed by atoms with Crippen molar-refractivity contribution in [1.29, 1.82) is 5.26 Å². The lowest BCUT2D eigenvalue weighted by Gasteiger charge is -2.34. The van der Waals surface area contributed by atoms with Crippen molar-refractivity contribution in [3.8, 4) is 6.07 Å². The molecule has 0 saturated carbocycles. The van der Waals surface area contributed by atoms with Gasteiger partial charge in [0, 0.05) is 38.1 Å². The van der Waals surface area contributed by atoms with Crippen LogP contribution in [0.2, 0.25) is 0 Å². The van der Waals surface area contributed by atoms with Gasteiger partial charge in [-0.1, -0.05) is 6.07 Å². The number of hydrogen-bond donors (Lipinski definition) is 1. The van der Waals surface area contributed by atoms with Gasteiger partial charge in [0.25, 0.3) is 0 Å².